The summed E-state index contributed by atoms with van der Waals surface area (Å²) in [6.45, 7) is 8.90. The Morgan fingerprint density at radius 1 is 0.909 bits per heavy atom. The largest absolute Gasteiger partial charge is 0.338 e. The minimum atomic E-state index is -0.211. The van der Waals surface area contributed by atoms with Crippen molar-refractivity contribution in [3.05, 3.63) is 24.3 Å². The van der Waals surface area contributed by atoms with Crippen molar-refractivity contribution in [3.8, 4) is 0 Å². The fraction of sp³-hybridized carbons (Fsp3) is 0.529. The number of benzene rings is 1. The predicted octanol–water partition coefficient (Wildman–Crippen LogP) is 3.84. The van der Waals surface area contributed by atoms with E-state index >= 15 is 0 Å². The fourth-order valence-electron chi connectivity index (χ4n) is 1.87. The van der Waals surface area contributed by atoms with Gasteiger partial charge in [0.2, 0.25) is 5.91 Å². The van der Waals surface area contributed by atoms with Gasteiger partial charge in [0, 0.05) is 24.3 Å². The molecule has 0 saturated carbocycles. The van der Waals surface area contributed by atoms with E-state index in [9.17, 15) is 9.59 Å². The van der Waals surface area contributed by atoms with Gasteiger partial charge in [0.15, 0.2) is 0 Å². The molecule has 0 heterocycles. The molecule has 0 saturated heterocycles. The number of urea groups is 1. The van der Waals surface area contributed by atoms with Crippen LogP contribution in [0.3, 0.4) is 0 Å². The van der Waals surface area contributed by atoms with E-state index in [1.54, 1.807) is 24.3 Å². The maximum atomic E-state index is 11.7. The second-order valence-electron chi connectivity index (χ2n) is 6.29. The normalized spacial score (nSPS) is 10.6. The molecule has 0 aromatic heterocycles. The van der Waals surface area contributed by atoms with Gasteiger partial charge < -0.3 is 16.0 Å². The number of carbonyl (C=O) groups is 2. The summed E-state index contributed by atoms with van der Waals surface area (Å²) in [4.78, 5) is 23.4. The van der Waals surface area contributed by atoms with Crippen LogP contribution in [0.25, 0.3) is 0 Å². The van der Waals surface area contributed by atoms with E-state index in [1.807, 2.05) is 13.8 Å². The Balaban J connectivity index is 2.41. The van der Waals surface area contributed by atoms with E-state index in [-0.39, 0.29) is 11.9 Å². The third-order valence-corrected chi connectivity index (χ3v) is 3.03. The summed E-state index contributed by atoms with van der Waals surface area (Å²) in [5, 5.41) is 8.41. The second-order valence-corrected chi connectivity index (χ2v) is 6.29. The van der Waals surface area contributed by atoms with Crippen LogP contribution in [0.15, 0.2) is 24.3 Å². The lowest BCUT2D eigenvalue weighted by atomic mass is 10.1. The van der Waals surface area contributed by atoms with E-state index in [1.165, 1.54) is 0 Å². The number of carbonyl (C=O) groups excluding carboxylic acids is 2. The Kier molecular flexibility index (Phi) is 7.43. The van der Waals surface area contributed by atoms with Crippen molar-refractivity contribution in [2.45, 2.75) is 40.5 Å². The third kappa shape index (κ3) is 7.67. The first-order chi connectivity index (χ1) is 10.4. The van der Waals surface area contributed by atoms with E-state index in [0.717, 1.165) is 12.1 Å². The molecule has 0 aliphatic carbocycles. The van der Waals surface area contributed by atoms with E-state index in [0.29, 0.717) is 30.5 Å². The summed E-state index contributed by atoms with van der Waals surface area (Å²) in [5.41, 5.74) is 1.43. The monoisotopic (exact) mass is 305 g/mol. The van der Waals surface area contributed by atoms with Crippen molar-refractivity contribution < 1.29 is 9.59 Å². The van der Waals surface area contributed by atoms with E-state index in [4.69, 9.17) is 0 Å². The van der Waals surface area contributed by atoms with Crippen LogP contribution in [0, 0.1) is 11.8 Å². The van der Waals surface area contributed by atoms with Crippen LogP contribution in [-0.4, -0.2) is 18.5 Å². The summed E-state index contributed by atoms with van der Waals surface area (Å²) in [6.07, 6.45) is 1.45. The molecular weight excluding hydrogens is 278 g/mol. The zero-order valence-electron chi connectivity index (χ0n) is 13.9. The second kappa shape index (κ2) is 9.07. The average molecular weight is 305 g/mol. The summed E-state index contributed by atoms with van der Waals surface area (Å²) < 4.78 is 0. The first-order valence-electron chi connectivity index (χ1n) is 7.81. The van der Waals surface area contributed by atoms with Crippen molar-refractivity contribution in [1.29, 1.82) is 0 Å². The molecule has 0 aliphatic rings. The number of hydrogen-bond acceptors (Lipinski definition) is 2. The highest BCUT2D eigenvalue weighted by Crippen LogP contribution is 2.14. The summed E-state index contributed by atoms with van der Waals surface area (Å²) in [7, 11) is 0. The molecule has 1 aromatic rings. The molecule has 0 aliphatic heterocycles. The van der Waals surface area contributed by atoms with Crippen molar-refractivity contribution in [2.24, 2.45) is 11.8 Å². The molecule has 0 atom stereocenters. The van der Waals surface area contributed by atoms with Crippen LogP contribution >= 0.6 is 0 Å². The molecule has 5 nitrogen and oxygen atoms in total. The van der Waals surface area contributed by atoms with Gasteiger partial charge in [-0.2, -0.15) is 0 Å². The van der Waals surface area contributed by atoms with Gasteiger partial charge in [-0.05, 0) is 42.5 Å². The van der Waals surface area contributed by atoms with Gasteiger partial charge in [0.1, 0.15) is 0 Å². The topological polar surface area (TPSA) is 70.2 Å². The predicted molar refractivity (Wildman–Crippen MR) is 91.0 cm³/mol. The smallest absolute Gasteiger partial charge is 0.319 e. The number of nitrogens with one attached hydrogen (secondary N) is 3. The summed E-state index contributed by atoms with van der Waals surface area (Å²) >= 11 is 0. The quantitative estimate of drug-likeness (QED) is 0.716. The van der Waals surface area contributed by atoms with Crippen LogP contribution in [0.5, 0.6) is 0 Å². The third-order valence-electron chi connectivity index (χ3n) is 3.03. The Morgan fingerprint density at radius 2 is 1.45 bits per heavy atom. The number of hydrogen-bond donors (Lipinski definition) is 3. The Morgan fingerprint density at radius 3 is 1.95 bits per heavy atom. The molecule has 0 radical (unpaired) electrons. The van der Waals surface area contributed by atoms with Crippen molar-refractivity contribution in [1.82, 2.24) is 5.32 Å². The van der Waals surface area contributed by atoms with Gasteiger partial charge in [0.25, 0.3) is 0 Å². The molecule has 22 heavy (non-hydrogen) atoms. The van der Waals surface area contributed by atoms with Crippen molar-refractivity contribution in [2.75, 3.05) is 17.2 Å². The molecule has 5 heteroatoms. The number of rotatable bonds is 7. The zero-order chi connectivity index (χ0) is 16.5. The van der Waals surface area contributed by atoms with Crippen LogP contribution in [-0.2, 0) is 4.79 Å². The molecule has 0 fully saturated rings. The SMILES string of the molecule is CC(C)CCNC(=O)Nc1ccc(NC(=O)CC(C)C)cc1. The Labute approximate surface area is 132 Å². The van der Waals surface area contributed by atoms with Gasteiger partial charge in [-0.15, -0.1) is 0 Å². The maximum absolute atomic E-state index is 11.7. The first-order valence-corrected chi connectivity index (χ1v) is 7.81. The number of anilines is 2. The molecule has 0 bridgehead atoms. The van der Waals surface area contributed by atoms with E-state index in [2.05, 4.69) is 29.8 Å². The molecular formula is C17H27N3O2. The molecule has 122 valence electrons. The van der Waals surface area contributed by atoms with Crippen LogP contribution in [0.2, 0.25) is 0 Å². The van der Waals surface area contributed by atoms with Gasteiger partial charge in [0.05, 0.1) is 0 Å². The molecule has 1 rings (SSSR count). The Bertz CT molecular complexity index is 481. The van der Waals surface area contributed by atoms with E-state index < -0.39 is 0 Å². The van der Waals surface area contributed by atoms with Gasteiger partial charge in [-0.1, -0.05) is 27.7 Å². The molecule has 3 N–H and O–H groups in total. The maximum Gasteiger partial charge on any atom is 0.319 e. The van der Waals surface area contributed by atoms with Crippen LogP contribution in [0.1, 0.15) is 40.5 Å². The van der Waals surface area contributed by atoms with Crippen molar-refractivity contribution >= 4 is 23.3 Å². The van der Waals surface area contributed by atoms with Gasteiger partial charge in [-0.3, -0.25) is 4.79 Å². The van der Waals surface area contributed by atoms with Gasteiger partial charge in [-0.25, -0.2) is 4.79 Å². The lowest BCUT2D eigenvalue weighted by molar-refractivity contribution is -0.116. The molecule has 3 amide bonds. The lowest BCUT2D eigenvalue weighted by Crippen LogP contribution is -2.30. The summed E-state index contributed by atoms with van der Waals surface area (Å²) in [6, 6.07) is 6.89. The highest BCUT2D eigenvalue weighted by molar-refractivity contribution is 5.92. The van der Waals surface area contributed by atoms with Gasteiger partial charge >= 0.3 is 6.03 Å². The molecule has 0 spiro atoms. The van der Waals surface area contributed by atoms with Crippen molar-refractivity contribution in [3.63, 3.8) is 0 Å². The first kappa shape index (κ1) is 18.0. The minimum Gasteiger partial charge on any atom is -0.338 e. The lowest BCUT2D eigenvalue weighted by Gasteiger charge is -2.10. The average Bonchev–Trinajstić information content (AvgIpc) is 2.39. The highest BCUT2D eigenvalue weighted by atomic mass is 16.2. The minimum absolute atomic E-state index is 0.00198. The summed E-state index contributed by atoms with van der Waals surface area (Å²) in [5.74, 6) is 0.895. The molecule has 0 unspecified atom stereocenters. The highest BCUT2D eigenvalue weighted by Gasteiger charge is 2.06. The fourth-order valence-corrected chi connectivity index (χ4v) is 1.87. The number of amides is 3. The van der Waals surface area contributed by atoms with Crippen LogP contribution in [0.4, 0.5) is 16.2 Å². The standard InChI is InChI=1S/C17H27N3O2/c1-12(2)9-10-18-17(22)20-15-7-5-14(6-8-15)19-16(21)11-13(3)4/h5-8,12-13H,9-11H2,1-4H3,(H,19,21)(H2,18,20,22). The molecule has 1 aromatic carbocycles. The van der Waals surface area contributed by atoms with Crippen LogP contribution < -0.4 is 16.0 Å². The zero-order valence-corrected chi connectivity index (χ0v) is 13.9. The Hall–Kier alpha value is -2.04.